The van der Waals surface area contributed by atoms with Gasteiger partial charge >= 0.3 is 5.97 Å². The van der Waals surface area contributed by atoms with Crippen molar-refractivity contribution in [3.8, 4) is 5.75 Å². The first-order chi connectivity index (χ1) is 31.8. The quantitative estimate of drug-likeness (QED) is 0.0375. The number of carbonyl (C=O) groups is 1. The van der Waals surface area contributed by atoms with Crippen LogP contribution in [-0.4, -0.2) is 11.1 Å². The average molecular weight is 905 g/mol. The maximum Gasteiger partial charge on any atom is 0.335 e. The molecule has 0 spiro atoms. The van der Waals surface area contributed by atoms with Crippen molar-refractivity contribution in [1.82, 2.24) is 0 Å². The van der Waals surface area contributed by atoms with E-state index in [0.717, 1.165) is 0 Å². The number of unbranched alkanes of at least 4 members (excludes halogenated alkanes) is 18. The molecule has 0 aliphatic rings. The van der Waals surface area contributed by atoms with Gasteiger partial charge in [-0.15, -0.1) is 0 Å². The van der Waals surface area contributed by atoms with Crippen molar-refractivity contribution < 1.29 is 15.0 Å². The van der Waals surface area contributed by atoms with Gasteiger partial charge in [0.25, 0.3) is 0 Å². The summed E-state index contributed by atoms with van der Waals surface area (Å²) in [6.45, 7) is 14.1. The second-order valence-electron chi connectivity index (χ2n) is 18.8. The first-order valence-electron chi connectivity index (χ1n) is 26.9. The third-order valence-electron chi connectivity index (χ3n) is 12.9. The lowest BCUT2D eigenvalue weighted by molar-refractivity contribution is -0.268. The van der Waals surface area contributed by atoms with Crippen LogP contribution in [0.2, 0.25) is 0 Å². The Morgan fingerprint density at radius 3 is 1.02 bits per heavy atom. The SMILES string of the molecule is CCCCCCc1cc(CCCCCC)c([S+](c2ccccc2)c2c(CCCCCC)cc(CCCCCC)cc2CCCCCC)c(CCCCCC)c1.O=C(O)c1ccccc1[O-]. The predicted octanol–water partition coefficient (Wildman–Crippen LogP) is 18.0. The van der Waals surface area contributed by atoms with Gasteiger partial charge in [0.15, 0.2) is 14.7 Å². The summed E-state index contributed by atoms with van der Waals surface area (Å²) in [6, 6.07) is 28.4. The van der Waals surface area contributed by atoms with Crippen LogP contribution in [0.4, 0.5) is 0 Å². The Morgan fingerprint density at radius 2 is 0.723 bits per heavy atom. The number of hydrogen-bond acceptors (Lipinski definition) is 2. The monoisotopic (exact) mass is 905 g/mol. The fourth-order valence-electron chi connectivity index (χ4n) is 9.23. The number of aryl methyl sites for hydroxylation is 6. The molecule has 0 bridgehead atoms. The average Bonchev–Trinajstić information content (AvgIpc) is 3.31. The van der Waals surface area contributed by atoms with Crippen LogP contribution in [0.15, 0.2) is 93.5 Å². The Bertz CT molecular complexity index is 1690. The maximum absolute atomic E-state index is 10.7. The molecule has 4 aromatic carbocycles. The largest absolute Gasteiger partial charge is 0.872 e. The second kappa shape index (κ2) is 34.8. The van der Waals surface area contributed by atoms with Crippen LogP contribution in [0.1, 0.15) is 239 Å². The Balaban J connectivity index is 0.000000985. The molecule has 0 aliphatic heterocycles. The number of carboxylic acids is 1. The smallest absolute Gasteiger partial charge is 0.335 e. The molecule has 4 heteroatoms. The van der Waals surface area contributed by atoms with E-state index >= 15 is 0 Å². The van der Waals surface area contributed by atoms with E-state index in [2.05, 4.69) is 96.1 Å². The van der Waals surface area contributed by atoms with Gasteiger partial charge in [-0.1, -0.05) is 224 Å². The molecule has 360 valence electrons. The molecule has 0 saturated carbocycles. The van der Waals surface area contributed by atoms with Crippen molar-refractivity contribution in [1.29, 1.82) is 0 Å². The van der Waals surface area contributed by atoms with E-state index in [1.165, 1.54) is 217 Å². The highest BCUT2D eigenvalue weighted by molar-refractivity contribution is 7.97. The topological polar surface area (TPSA) is 60.4 Å². The van der Waals surface area contributed by atoms with Crippen LogP contribution in [0, 0.1) is 0 Å². The normalized spacial score (nSPS) is 11.2. The highest BCUT2D eigenvalue weighted by atomic mass is 32.2. The molecule has 65 heavy (non-hydrogen) atoms. The predicted molar refractivity (Wildman–Crippen MR) is 281 cm³/mol. The molecule has 0 fully saturated rings. The Morgan fingerprint density at radius 1 is 0.415 bits per heavy atom. The summed E-state index contributed by atoms with van der Waals surface area (Å²) < 4.78 is 0. The fraction of sp³-hybridized carbons (Fsp3) is 0.590. The molecule has 0 radical (unpaired) electrons. The van der Waals surface area contributed by atoms with Crippen molar-refractivity contribution in [2.45, 2.75) is 249 Å². The lowest BCUT2D eigenvalue weighted by Gasteiger charge is -2.22. The summed E-state index contributed by atoms with van der Waals surface area (Å²) in [4.78, 5) is 15.2. The van der Waals surface area contributed by atoms with E-state index < -0.39 is 11.7 Å². The number of para-hydroxylation sites is 1. The molecular formula is C61H92O3S. The lowest BCUT2D eigenvalue weighted by atomic mass is 9.94. The van der Waals surface area contributed by atoms with E-state index in [9.17, 15) is 9.90 Å². The number of hydrogen-bond donors (Lipinski definition) is 1. The van der Waals surface area contributed by atoms with Crippen LogP contribution < -0.4 is 5.11 Å². The van der Waals surface area contributed by atoms with Gasteiger partial charge in [0.1, 0.15) is 10.9 Å². The molecule has 4 rings (SSSR count). The molecule has 1 N–H and O–H groups in total. The van der Waals surface area contributed by atoms with Gasteiger partial charge in [0.2, 0.25) is 0 Å². The van der Waals surface area contributed by atoms with Crippen LogP contribution in [0.25, 0.3) is 0 Å². The van der Waals surface area contributed by atoms with Crippen molar-refractivity contribution >= 4 is 16.9 Å². The van der Waals surface area contributed by atoms with E-state index in [4.69, 9.17) is 5.11 Å². The van der Waals surface area contributed by atoms with Gasteiger partial charge < -0.3 is 10.2 Å². The highest BCUT2D eigenvalue weighted by Gasteiger charge is 2.38. The summed E-state index contributed by atoms with van der Waals surface area (Å²) >= 11 is 0. The highest BCUT2D eigenvalue weighted by Crippen LogP contribution is 2.42. The van der Waals surface area contributed by atoms with Gasteiger partial charge in [-0.05, 0) is 106 Å². The van der Waals surface area contributed by atoms with Gasteiger partial charge in [-0.2, -0.15) is 0 Å². The zero-order valence-electron chi connectivity index (χ0n) is 42.4. The minimum atomic E-state index is -1.18. The summed E-state index contributed by atoms with van der Waals surface area (Å²) in [6.07, 6.45) is 39.3. The van der Waals surface area contributed by atoms with Crippen LogP contribution >= 0.6 is 0 Å². The molecule has 0 heterocycles. The van der Waals surface area contributed by atoms with Gasteiger partial charge in [-0.25, -0.2) is 4.79 Å². The molecule has 0 unspecified atom stereocenters. The zero-order valence-corrected chi connectivity index (χ0v) is 43.2. The van der Waals surface area contributed by atoms with E-state index in [1.807, 2.05) is 0 Å². The molecule has 3 nitrogen and oxygen atoms in total. The Labute approximate surface area is 402 Å². The van der Waals surface area contributed by atoms with Gasteiger partial charge in [0.05, 0.1) is 5.56 Å². The molecule has 4 aromatic rings. The summed E-state index contributed by atoms with van der Waals surface area (Å²) in [7, 11) is -0.124. The number of rotatable bonds is 34. The lowest BCUT2D eigenvalue weighted by Crippen LogP contribution is -2.17. The third kappa shape index (κ3) is 20.9. The van der Waals surface area contributed by atoms with E-state index in [1.54, 1.807) is 48.1 Å². The van der Waals surface area contributed by atoms with E-state index in [0.29, 0.717) is 0 Å². The van der Waals surface area contributed by atoms with Crippen molar-refractivity contribution in [2.24, 2.45) is 0 Å². The second-order valence-corrected chi connectivity index (χ2v) is 20.7. The molecular weight excluding hydrogens is 813 g/mol. The van der Waals surface area contributed by atoms with Crippen LogP contribution in [0.3, 0.4) is 0 Å². The molecule has 0 aromatic heterocycles. The first-order valence-corrected chi connectivity index (χ1v) is 28.1. The molecule has 0 aliphatic carbocycles. The van der Waals surface area contributed by atoms with Crippen LogP contribution in [-0.2, 0) is 49.4 Å². The number of carboxylic acid groups (broad SMARTS) is 1. The van der Waals surface area contributed by atoms with Crippen molar-refractivity contribution in [3.63, 3.8) is 0 Å². The first kappa shape index (κ1) is 55.8. The minimum Gasteiger partial charge on any atom is -0.872 e. The Kier molecular flexibility index (Phi) is 29.9. The fourth-order valence-corrected chi connectivity index (χ4v) is 12.0. The van der Waals surface area contributed by atoms with E-state index in [-0.39, 0.29) is 16.5 Å². The molecule has 0 saturated heterocycles. The standard InChI is InChI=1S/C54H87S.C7H6O3/c1-7-13-19-26-34-46-42-48(36-28-21-15-9-3)53(49(43-46)37-29-22-16-10-4)55(52-40-32-25-33-41-52)54-50(38-30-23-17-11-5)44-47(35-27-20-14-8-2)45-51(54)39-31-24-18-12-6;8-6-4-2-1-3-5(6)7(9)10/h25,32-33,40-45H,7-24,26-31,34-39H2,1-6H3;1-4,8H,(H,9,10)/q+1;/p-1. The Hall–Kier alpha value is -3.50. The third-order valence-corrected chi connectivity index (χ3v) is 15.6. The van der Waals surface area contributed by atoms with Gasteiger partial charge in [-0.3, -0.25) is 0 Å². The maximum atomic E-state index is 10.7. The number of benzene rings is 4. The summed E-state index contributed by atoms with van der Waals surface area (Å²) in [5.41, 5.74) is 9.84. The van der Waals surface area contributed by atoms with Gasteiger partial charge in [0, 0.05) is 22.3 Å². The molecule has 0 amide bonds. The van der Waals surface area contributed by atoms with Crippen molar-refractivity contribution in [3.05, 3.63) is 118 Å². The summed E-state index contributed by atoms with van der Waals surface area (Å²) in [5, 5.41) is 19.0. The number of aromatic carboxylic acids is 1. The minimum absolute atomic E-state index is 0.124. The zero-order chi connectivity index (χ0) is 46.9. The van der Waals surface area contributed by atoms with Crippen LogP contribution in [0.5, 0.6) is 5.75 Å². The molecule has 0 atom stereocenters. The van der Waals surface area contributed by atoms with Crippen molar-refractivity contribution in [2.75, 3.05) is 0 Å². The summed E-state index contributed by atoms with van der Waals surface area (Å²) in [5.74, 6) is -1.62.